The van der Waals surface area contributed by atoms with Gasteiger partial charge in [0.25, 0.3) is 5.56 Å². The Labute approximate surface area is 203 Å². The van der Waals surface area contributed by atoms with E-state index in [0.29, 0.717) is 47.1 Å². The highest BCUT2D eigenvalue weighted by molar-refractivity contribution is 7.99. The van der Waals surface area contributed by atoms with Crippen molar-refractivity contribution in [2.24, 2.45) is 17.8 Å². The van der Waals surface area contributed by atoms with Gasteiger partial charge in [0.05, 0.1) is 29.3 Å². The lowest BCUT2D eigenvalue weighted by atomic mass is 9.84. The van der Waals surface area contributed by atoms with Crippen LogP contribution in [-0.4, -0.2) is 54.0 Å². The van der Waals surface area contributed by atoms with Crippen LogP contribution in [0.15, 0.2) is 28.2 Å². The SMILES string of the molecule is COCCCn1c(SCC(=O)NC(C)C2CC3CCC2C3)nc2cc(C(=O)OC)ccc2c1=O. The van der Waals surface area contributed by atoms with Gasteiger partial charge in [-0.05, 0) is 68.6 Å². The quantitative estimate of drug-likeness (QED) is 0.238. The first-order valence-electron chi connectivity index (χ1n) is 11.9. The van der Waals surface area contributed by atoms with E-state index >= 15 is 0 Å². The van der Waals surface area contributed by atoms with E-state index in [1.165, 1.54) is 44.6 Å². The van der Waals surface area contributed by atoms with Gasteiger partial charge in [0.2, 0.25) is 5.91 Å². The van der Waals surface area contributed by atoms with Crippen LogP contribution >= 0.6 is 11.8 Å². The first-order chi connectivity index (χ1) is 16.4. The fourth-order valence-corrected chi connectivity index (χ4v) is 6.40. The molecule has 184 valence electrons. The highest BCUT2D eigenvalue weighted by Crippen LogP contribution is 2.49. The third kappa shape index (κ3) is 5.30. The molecule has 1 aromatic carbocycles. The van der Waals surface area contributed by atoms with E-state index in [2.05, 4.69) is 17.2 Å². The van der Waals surface area contributed by atoms with E-state index in [-0.39, 0.29) is 23.3 Å². The topological polar surface area (TPSA) is 99.5 Å². The van der Waals surface area contributed by atoms with Gasteiger partial charge in [-0.3, -0.25) is 14.2 Å². The Morgan fingerprint density at radius 1 is 1.26 bits per heavy atom. The number of esters is 1. The Morgan fingerprint density at radius 2 is 2.09 bits per heavy atom. The largest absolute Gasteiger partial charge is 0.465 e. The molecule has 4 unspecified atom stereocenters. The number of carbonyl (C=O) groups excluding carboxylic acids is 2. The van der Waals surface area contributed by atoms with Crippen molar-refractivity contribution in [3.63, 3.8) is 0 Å². The van der Waals surface area contributed by atoms with Crippen molar-refractivity contribution >= 4 is 34.5 Å². The standard InChI is InChI=1S/C25H33N3O5S/c1-15(20-12-16-5-6-17(20)11-16)26-22(29)14-34-25-27-21-13-18(24(31)33-3)7-8-19(21)23(30)28(25)9-4-10-32-2/h7-8,13,15-17,20H,4-6,9-12,14H2,1-3H3,(H,26,29). The normalized spacial score (nSPS) is 22.1. The molecule has 2 aromatic rings. The number of hydrogen-bond donors (Lipinski definition) is 1. The third-order valence-electron chi connectivity index (χ3n) is 7.23. The van der Waals surface area contributed by atoms with Crippen LogP contribution in [0.3, 0.4) is 0 Å². The second kappa shape index (κ2) is 10.9. The molecule has 4 rings (SSSR count). The van der Waals surface area contributed by atoms with E-state index in [1.807, 2.05) is 0 Å². The summed E-state index contributed by atoms with van der Waals surface area (Å²) in [6.07, 6.45) is 5.79. The maximum Gasteiger partial charge on any atom is 0.337 e. The average molecular weight is 488 g/mol. The van der Waals surface area contributed by atoms with Gasteiger partial charge in [0, 0.05) is 26.3 Å². The van der Waals surface area contributed by atoms with E-state index in [9.17, 15) is 14.4 Å². The van der Waals surface area contributed by atoms with Crippen molar-refractivity contribution in [1.82, 2.24) is 14.9 Å². The number of rotatable bonds is 10. The van der Waals surface area contributed by atoms with Crippen molar-refractivity contribution in [1.29, 1.82) is 0 Å². The van der Waals surface area contributed by atoms with E-state index < -0.39 is 5.97 Å². The van der Waals surface area contributed by atoms with Crippen LogP contribution in [0, 0.1) is 17.8 Å². The Morgan fingerprint density at radius 3 is 2.76 bits per heavy atom. The predicted octanol–water partition coefficient (Wildman–Crippen LogP) is 3.25. The fraction of sp³-hybridized carbons (Fsp3) is 0.600. The number of nitrogens with zero attached hydrogens (tertiary/aromatic N) is 2. The number of aromatic nitrogens is 2. The number of thioether (sulfide) groups is 1. The molecule has 9 heteroatoms. The number of ether oxygens (including phenoxy) is 2. The summed E-state index contributed by atoms with van der Waals surface area (Å²) >= 11 is 1.24. The van der Waals surface area contributed by atoms with Crippen LogP contribution < -0.4 is 10.9 Å². The highest BCUT2D eigenvalue weighted by atomic mass is 32.2. The molecular weight excluding hydrogens is 454 g/mol. The summed E-state index contributed by atoms with van der Waals surface area (Å²) in [7, 11) is 2.93. The lowest BCUT2D eigenvalue weighted by Gasteiger charge is -2.28. The molecule has 1 amide bonds. The Hall–Kier alpha value is -2.39. The molecule has 4 atom stereocenters. The number of hydrogen-bond acceptors (Lipinski definition) is 7. The molecule has 2 fully saturated rings. The molecule has 1 N–H and O–H groups in total. The smallest absolute Gasteiger partial charge is 0.337 e. The van der Waals surface area contributed by atoms with Crippen LogP contribution in [0.4, 0.5) is 0 Å². The zero-order valence-corrected chi connectivity index (χ0v) is 20.9. The molecule has 0 radical (unpaired) electrons. The number of benzene rings is 1. The van der Waals surface area contributed by atoms with Crippen LogP contribution in [0.25, 0.3) is 10.9 Å². The molecule has 0 saturated heterocycles. The molecule has 2 bridgehead atoms. The van der Waals surface area contributed by atoms with E-state index in [4.69, 9.17) is 9.47 Å². The first-order valence-corrected chi connectivity index (χ1v) is 12.9. The van der Waals surface area contributed by atoms with Crippen molar-refractivity contribution in [2.45, 2.75) is 56.8 Å². The summed E-state index contributed by atoms with van der Waals surface area (Å²) in [5.41, 5.74) is 0.539. The van der Waals surface area contributed by atoms with Crippen LogP contribution in [-0.2, 0) is 20.8 Å². The lowest BCUT2D eigenvalue weighted by Crippen LogP contribution is -2.41. The van der Waals surface area contributed by atoms with Crippen molar-refractivity contribution < 1.29 is 19.1 Å². The maximum absolute atomic E-state index is 13.2. The number of carbonyl (C=O) groups is 2. The summed E-state index contributed by atoms with van der Waals surface area (Å²) in [5.74, 6) is 1.77. The van der Waals surface area contributed by atoms with Crippen LogP contribution in [0.1, 0.15) is 49.4 Å². The highest BCUT2D eigenvalue weighted by Gasteiger charge is 2.42. The first kappa shape index (κ1) is 24.7. The van der Waals surface area contributed by atoms with Crippen LogP contribution in [0.5, 0.6) is 0 Å². The third-order valence-corrected chi connectivity index (χ3v) is 8.20. The summed E-state index contributed by atoms with van der Waals surface area (Å²) < 4.78 is 11.5. The molecule has 2 aliphatic rings. The monoisotopic (exact) mass is 487 g/mol. The minimum atomic E-state index is -0.490. The molecule has 2 aliphatic carbocycles. The molecule has 34 heavy (non-hydrogen) atoms. The Balaban J connectivity index is 1.51. The number of nitrogens with one attached hydrogen (secondary N) is 1. The van der Waals surface area contributed by atoms with Crippen LogP contribution in [0.2, 0.25) is 0 Å². The molecule has 2 saturated carbocycles. The van der Waals surface area contributed by atoms with Gasteiger partial charge >= 0.3 is 5.97 Å². The van der Waals surface area contributed by atoms with Gasteiger partial charge in [-0.1, -0.05) is 18.2 Å². The van der Waals surface area contributed by atoms with Gasteiger partial charge in [0.1, 0.15) is 0 Å². The Kier molecular flexibility index (Phi) is 7.93. The second-order valence-electron chi connectivity index (χ2n) is 9.40. The molecular formula is C25H33N3O5S. The zero-order chi connectivity index (χ0) is 24.2. The van der Waals surface area contributed by atoms with Gasteiger partial charge in [0.15, 0.2) is 5.16 Å². The number of amides is 1. The molecule has 0 aliphatic heterocycles. The van der Waals surface area contributed by atoms with Gasteiger partial charge in [-0.15, -0.1) is 0 Å². The van der Waals surface area contributed by atoms with Gasteiger partial charge < -0.3 is 14.8 Å². The minimum absolute atomic E-state index is 0.0543. The van der Waals surface area contributed by atoms with Gasteiger partial charge in [-0.2, -0.15) is 0 Å². The molecule has 1 aromatic heterocycles. The summed E-state index contributed by atoms with van der Waals surface area (Å²) in [6.45, 7) is 3.05. The predicted molar refractivity (Wildman–Crippen MR) is 131 cm³/mol. The van der Waals surface area contributed by atoms with Crippen molar-refractivity contribution in [3.05, 3.63) is 34.1 Å². The zero-order valence-electron chi connectivity index (χ0n) is 20.0. The summed E-state index contributed by atoms with van der Waals surface area (Å²) in [5, 5.41) is 4.05. The molecule has 8 nitrogen and oxygen atoms in total. The number of methoxy groups -OCH3 is 2. The molecule has 0 spiro atoms. The van der Waals surface area contributed by atoms with Crippen molar-refractivity contribution in [2.75, 3.05) is 26.6 Å². The maximum atomic E-state index is 13.2. The van der Waals surface area contributed by atoms with E-state index in [0.717, 1.165) is 11.8 Å². The molecule has 1 heterocycles. The minimum Gasteiger partial charge on any atom is -0.465 e. The Bertz CT molecular complexity index is 1120. The lowest BCUT2D eigenvalue weighted by molar-refractivity contribution is -0.119. The summed E-state index contributed by atoms with van der Waals surface area (Å²) in [4.78, 5) is 42.6. The number of fused-ring (bicyclic) bond motifs is 3. The van der Waals surface area contributed by atoms with Gasteiger partial charge in [-0.25, -0.2) is 9.78 Å². The fourth-order valence-electron chi connectivity index (χ4n) is 5.56. The average Bonchev–Trinajstić information content (AvgIpc) is 3.47. The summed E-state index contributed by atoms with van der Waals surface area (Å²) in [6, 6.07) is 4.87. The van der Waals surface area contributed by atoms with E-state index in [1.54, 1.807) is 29.9 Å². The van der Waals surface area contributed by atoms with Crippen molar-refractivity contribution in [3.8, 4) is 0 Å². The second-order valence-corrected chi connectivity index (χ2v) is 10.3.